The average Bonchev–Trinajstić information content (AvgIpc) is 3.05. The van der Waals surface area contributed by atoms with E-state index in [1.165, 1.54) is 51.4 Å². The number of hydrogen-bond acceptors (Lipinski definition) is 7. The lowest BCUT2D eigenvalue weighted by atomic mass is 10.1. The lowest BCUT2D eigenvalue weighted by Crippen LogP contribution is -2.55. The van der Waals surface area contributed by atoms with Crippen molar-refractivity contribution < 1.29 is 38.2 Å². The summed E-state index contributed by atoms with van der Waals surface area (Å²) in [5, 5.41) is 11.6. The number of ether oxygens (including phenoxy) is 3. The lowest BCUT2D eigenvalue weighted by molar-refractivity contribution is -0.889. The van der Waals surface area contributed by atoms with Gasteiger partial charge in [-0.3, -0.25) is 9.59 Å². The van der Waals surface area contributed by atoms with Crippen molar-refractivity contribution in [3.63, 3.8) is 0 Å². The predicted octanol–water partition coefficient (Wildman–Crippen LogP) is 8.57. The Kier molecular flexibility index (Phi) is 31.1. The molecule has 0 bridgehead atoms. The smallest absolute Gasteiger partial charge is 0.306 e. The van der Waals surface area contributed by atoms with Crippen LogP contribution in [0.25, 0.3) is 0 Å². The van der Waals surface area contributed by atoms with Gasteiger partial charge in [-0.1, -0.05) is 127 Å². The van der Waals surface area contributed by atoms with Gasteiger partial charge in [-0.2, -0.15) is 0 Å². The first kappa shape index (κ1) is 46.5. The van der Waals surface area contributed by atoms with Crippen molar-refractivity contribution in [2.75, 3.05) is 41.0 Å². The second-order valence-electron chi connectivity index (χ2n) is 14.1. The van der Waals surface area contributed by atoms with E-state index in [9.17, 15) is 19.5 Å². The summed E-state index contributed by atoms with van der Waals surface area (Å²) in [4.78, 5) is 36.6. The van der Waals surface area contributed by atoms with E-state index < -0.39 is 18.1 Å². The Bertz CT molecular complexity index is 906. The highest BCUT2D eigenvalue weighted by molar-refractivity contribution is 5.70. The van der Waals surface area contributed by atoms with E-state index >= 15 is 0 Å². The number of esters is 2. The number of nitrogens with zero attached hydrogens (tertiary/aromatic N) is 1. The van der Waals surface area contributed by atoms with Gasteiger partial charge in [-0.05, 0) is 44.9 Å². The number of likely N-dealkylation sites (N-methyl/N-ethyl adjacent to an activating group) is 1. The van der Waals surface area contributed by atoms with Crippen molar-refractivity contribution in [1.29, 1.82) is 0 Å². The van der Waals surface area contributed by atoms with Gasteiger partial charge in [0, 0.05) is 19.3 Å². The fraction of sp³-hybridized carbons (Fsp3) is 0.780. The quantitative estimate of drug-likeness (QED) is 0.0288. The molecule has 0 heterocycles. The zero-order valence-electron chi connectivity index (χ0n) is 32.1. The molecular formula is C41H73NO7. The Morgan fingerprint density at radius 3 is 1.69 bits per heavy atom. The first-order valence-corrected chi connectivity index (χ1v) is 19.5. The molecule has 8 heteroatoms. The summed E-state index contributed by atoms with van der Waals surface area (Å²) in [7, 11) is 5.39. The Morgan fingerprint density at radius 2 is 1.14 bits per heavy atom. The second-order valence-corrected chi connectivity index (χ2v) is 14.1. The largest absolute Gasteiger partial charge is 0.544 e. The summed E-state index contributed by atoms with van der Waals surface area (Å²) in [6, 6.07) is -0.724. The minimum atomic E-state index is -1.13. The molecule has 0 amide bonds. The van der Waals surface area contributed by atoms with Crippen molar-refractivity contribution in [3.05, 3.63) is 36.5 Å². The van der Waals surface area contributed by atoms with Gasteiger partial charge in [0.05, 0.1) is 40.3 Å². The Labute approximate surface area is 300 Å². The zero-order valence-corrected chi connectivity index (χ0v) is 32.1. The number of carboxylic acid groups (broad SMARTS) is 1. The van der Waals surface area contributed by atoms with Gasteiger partial charge in [0.15, 0.2) is 6.10 Å². The molecule has 0 saturated heterocycles. The maximum Gasteiger partial charge on any atom is 0.306 e. The number of unbranched alkanes of at least 4 members (excludes halogenated alkanes) is 14. The van der Waals surface area contributed by atoms with Crippen LogP contribution in [0.1, 0.15) is 155 Å². The third kappa shape index (κ3) is 31.3. The molecule has 0 spiro atoms. The van der Waals surface area contributed by atoms with Crippen LogP contribution >= 0.6 is 0 Å². The molecule has 0 radical (unpaired) electrons. The molecule has 8 nitrogen and oxygen atoms in total. The van der Waals surface area contributed by atoms with E-state index in [1.54, 1.807) is 21.1 Å². The van der Waals surface area contributed by atoms with E-state index in [2.05, 4.69) is 50.3 Å². The molecule has 2 unspecified atom stereocenters. The van der Waals surface area contributed by atoms with E-state index in [1.807, 2.05) is 0 Å². The third-order valence-electron chi connectivity index (χ3n) is 8.54. The van der Waals surface area contributed by atoms with Gasteiger partial charge in [0.1, 0.15) is 12.6 Å². The maximum absolute atomic E-state index is 12.6. The van der Waals surface area contributed by atoms with Crippen LogP contribution in [0.2, 0.25) is 0 Å². The van der Waals surface area contributed by atoms with E-state index in [0.29, 0.717) is 12.8 Å². The number of quaternary nitrogens is 1. The lowest BCUT2D eigenvalue weighted by Gasteiger charge is -2.34. The minimum absolute atomic E-state index is 0.0379. The highest BCUT2D eigenvalue weighted by Gasteiger charge is 2.25. The van der Waals surface area contributed by atoms with Crippen LogP contribution < -0.4 is 5.11 Å². The molecular weight excluding hydrogens is 618 g/mol. The molecule has 0 aliphatic rings. The summed E-state index contributed by atoms with van der Waals surface area (Å²) in [5.74, 6) is -1.76. The summed E-state index contributed by atoms with van der Waals surface area (Å²) >= 11 is 0. The van der Waals surface area contributed by atoms with Crippen molar-refractivity contribution in [3.8, 4) is 0 Å². The van der Waals surface area contributed by atoms with Crippen LogP contribution in [0.3, 0.4) is 0 Å². The van der Waals surface area contributed by atoms with E-state index in [4.69, 9.17) is 14.2 Å². The first-order valence-electron chi connectivity index (χ1n) is 19.5. The molecule has 0 aromatic carbocycles. The number of allylic oxidation sites excluding steroid dienone is 6. The fourth-order valence-electron chi connectivity index (χ4n) is 5.50. The van der Waals surface area contributed by atoms with Crippen LogP contribution in [0.5, 0.6) is 0 Å². The number of aliphatic carboxylic acids is 1. The molecule has 49 heavy (non-hydrogen) atoms. The molecule has 0 aliphatic carbocycles. The SMILES string of the molecule is CC/C=C/C/C=C/C/C=C/CCCCCCCCC(=O)OCC(COCCC(C(=O)[O-])[N+](C)(C)C)OC(=O)CCCCCCCCCCC. The normalized spacial score (nSPS) is 13.4. The average molecular weight is 692 g/mol. The highest BCUT2D eigenvalue weighted by atomic mass is 16.6. The molecule has 0 rings (SSSR count). The topological polar surface area (TPSA) is 102 Å². The Balaban J connectivity index is 4.37. The van der Waals surface area contributed by atoms with Crippen LogP contribution in [0, 0.1) is 0 Å². The predicted molar refractivity (Wildman–Crippen MR) is 199 cm³/mol. The molecule has 0 aliphatic heterocycles. The monoisotopic (exact) mass is 692 g/mol. The van der Waals surface area contributed by atoms with Crippen LogP contribution in [0.4, 0.5) is 0 Å². The van der Waals surface area contributed by atoms with Gasteiger partial charge in [0.2, 0.25) is 0 Å². The fourth-order valence-corrected chi connectivity index (χ4v) is 5.50. The molecule has 0 fully saturated rings. The summed E-state index contributed by atoms with van der Waals surface area (Å²) in [6.45, 7) is 4.50. The van der Waals surface area contributed by atoms with Crippen LogP contribution in [0.15, 0.2) is 36.5 Å². The van der Waals surface area contributed by atoms with E-state index in [0.717, 1.165) is 70.6 Å². The number of carboxylic acids is 1. The molecule has 0 aromatic rings. The maximum atomic E-state index is 12.6. The van der Waals surface area contributed by atoms with E-state index in [-0.39, 0.29) is 42.7 Å². The molecule has 0 saturated carbocycles. The van der Waals surface area contributed by atoms with Gasteiger partial charge in [0.25, 0.3) is 0 Å². The van der Waals surface area contributed by atoms with Crippen molar-refractivity contribution in [2.45, 2.75) is 167 Å². The molecule has 0 aromatic heterocycles. The van der Waals surface area contributed by atoms with Gasteiger partial charge in [-0.15, -0.1) is 0 Å². The second kappa shape index (κ2) is 32.7. The number of carbonyl (C=O) groups excluding carboxylic acids is 3. The minimum Gasteiger partial charge on any atom is -0.544 e. The summed E-state index contributed by atoms with van der Waals surface area (Å²) in [5.41, 5.74) is 0. The van der Waals surface area contributed by atoms with Crippen molar-refractivity contribution in [2.24, 2.45) is 0 Å². The molecule has 2 atom stereocenters. The Hall–Kier alpha value is -2.45. The van der Waals surface area contributed by atoms with Crippen molar-refractivity contribution in [1.82, 2.24) is 0 Å². The Morgan fingerprint density at radius 1 is 0.633 bits per heavy atom. The van der Waals surface area contributed by atoms with Gasteiger partial charge < -0.3 is 28.6 Å². The number of hydrogen-bond donors (Lipinski definition) is 0. The number of rotatable bonds is 34. The van der Waals surface area contributed by atoms with Gasteiger partial charge >= 0.3 is 11.9 Å². The zero-order chi connectivity index (χ0) is 36.4. The third-order valence-corrected chi connectivity index (χ3v) is 8.54. The highest BCUT2D eigenvalue weighted by Crippen LogP contribution is 2.13. The summed E-state index contributed by atoms with van der Waals surface area (Å²) < 4.78 is 17.1. The molecule has 0 N–H and O–H groups in total. The molecule has 284 valence electrons. The standard InChI is InChI=1S/C41H73NO7/c1-6-8-10-12-14-16-17-18-19-20-21-22-24-25-27-29-31-39(43)48-36-37(35-47-34-33-38(41(45)46)42(3,4)5)49-40(44)32-30-28-26-23-15-13-11-9-7-2/h8,10,14,16,18-19,37-38H,6-7,9,11-13,15,17,20-36H2,1-5H3/b10-8+,16-14+,19-18+. The van der Waals surface area contributed by atoms with Crippen LogP contribution in [-0.2, 0) is 28.6 Å². The van der Waals surface area contributed by atoms with Gasteiger partial charge in [-0.25, -0.2) is 0 Å². The number of carbonyl (C=O) groups is 3. The summed E-state index contributed by atoms with van der Waals surface area (Å²) in [6.07, 6.45) is 34.5. The first-order chi connectivity index (χ1) is 23.6. The van der Waals surface area contributed by atoms with Crippen LogP contribution in [-0.4, -0.2) is 75.5 Å². The van der Waals surface area contributed by atoms with Crippen molar-refractivity contribution >= 4 is 17.9 Å².